The van der Waals surface area contributed by atoms with Crippen molar-refractivity contribution in [3.63, 3.8) is 0 Å². The summed E-state index contributed by atoms with van der Waals surface area (Å²) in [6, 6.07) is 0. The molecule has 0 saturated carbocycles. The van der Waals surface area contributed by atoms with E-state index in [1.807, 2.05) is 0 Å². The van der Waals surface area contributed by atoms with Crippen molar-refractivity contribution in [2.75, 3.05) is 0 Å². The van der Waals surface area contributed by atoms with Gasteiger partial charge < -0.3 is 4.52 Å². The number of aryl methyl sites for hydroxylation is 1. The summed E-state index contributed by atoms with van der Waals surface area (Å²) in [5, 5.41) is 7.75. The fourth-order valence-electron chi connectivity index (χ4n) is 1.48. The van der Waals surface area contributed by atoms with Gasteiger partial charge in [0.25, 0.3) is 5.56 Å². The normalized spacial score (nSPS) is 10.9. The van der Waals surface area contributed by atoms with Gasteiger partial charge in [-0.2, -0.15) is 10.1 Å². The molecule has 0 spiro atoms. The number of hydrogen-bond donors (Lipinski definition) is 0. The van der Waals surface area contributed by atoms with Crippen LogP contribution in [0.2, 0.25) is 10.0 Å². The second-order valence-electron chi connectivity index (χ2n) is 3.98. The number of unbranched alkanes of at least 4 members (excludes halogenated alkanes) is 1. The minimum atomic E-state index is -0.484. The van der Waals surface area contributed by atoms with Crippen LogP contribution in [0.5, 0.6) is 0 Å². The Labute approximate surface area is 119 Å². The fourth-order valence-corrected chi connectivity index (χ4v) is 1.75. The van der Waals surface area contributed by atoms with Gasteiger partial charge in [-0.25, -0.2) is 4.68 Å². The summed E-state index contributed by atoms with van der Waals surface area (Å²) in [4.78, 5) is 15.9. The molecule has 2 heterocycles. The maximum Gasteiger partial charge on any atom is 0.287 e. The Balaban J connectivity index is 2.15. The molecule has 0 aliphatic rings. The predicted octanol–water partition coefficient (Wildman–Crippen LogP) is 2.32. The maximum atomic E-state index is 11.8. The molecule has 0 aliphatic heterocycles. The summed E-state index contributed by atoms with van der Waals surface area (Å²) in [6.07, 6.45) is 4.10. The Hall–Kier alpha value is -1.40. The zero-order chi connectivity index (χ0) is 13.8. The van der Waals surface area contributed by atoms with Gasteiger partial charge in [-0.1, -0.05) is 41.7 Å². The van der Waals surface area contributed by atoms with Crippen LogP contribution < -0.4 is 5.56 Å². The van der Waals surface area contributed by atoms with Gasteiger partial charge in [0.2, 0.25) is 5.89 Å². The lowest BCUT2D eigenvalue weighted by Crippen LogP contribution is -2.23. The van der Waals surface area contributed by atoms with E-state index in [-0.39, 0.29) is 16.6 Å². The molecule has 2 aromatic rings. The van der Waals surface area contributed by atoms with Crippen molar-refractivity contribution in [2.45, 2.75) is 32.7 Å². The molecule has 2 aromatic heterocycles. The lowest BCUT2D eigenvalue weighted by molar-refractivity contribution is 0.358. The minimum absolute atomic E-state index is 0.0672. The summed E-state index contributed by atoms with van der Waals surface area (Å²) >= 11 is 11.4. The zero-order valence-corrected chi connectivity index (χ0v) is 11.8. The van der Waals surface area contributed by atoms with E-state index in [9.17, 15) is 4.79 Å². The second-order valence-corrected chi connectivity index (χ2v) is 4.76. The van der Waals surface area contributed by atoms with E-state index < -0.39 is 5.56 Å². The van der Waals surface area contributed by atoms with Crippen molar-refractivity contribution in [1.29, 1.82) is 0 Å². The first-order valence-corrected chi connectivity index (χ1v) is 6.60. The Morgan fingerprint density at radius 1 is 1.42 bits per heavy atom. The molecule has 0 radical (unpaired) electrons. The van der Waals surface area contributed by atoms with E-state index in [2.05, 4.69) is 22.2 Å². The first-order valence-electron chi connectivity index (χ1n) is 5.84. The van der Waals surface area contributed by atoms with E-state index in [1.165, 1.54) is 6.20 Å². The third kappa shape index (κ3) is 3.33. The van der Waals surface area contributed by atoms with Crippen LogP contribution >= 0.6 is 23.2 Å². The maximum absolute atomic E-state index is 11.8. The van der Waals surface area contributed by atoms with Crippen molar-refractivity contribution in [3.05, 3.63) is 38.3 Å². The molecule has 0 aromatic carbocycles. The molecule has 0 saturated heterocycles. The van der Waals surface area contributed by atoms with Crippen molar-refractivity contribution in [1.82, 2.24) is 19.9 Å². The molecule has 0 bridgehead atoms. The van der Waals surface area contributed by atoms with E-state index in [4.69, 9.17) is 27.7 Å². The number of hydrogen-bond acceptors (Lipinski definition) is 5. The second kappa shape index (κ2) is 6.16. The average Bonchev–Trinajstić information content (AvgIpc) is 2.85. The van der Waals surface area contributed by atoms with Crippen LogP contribution in [0.3, 0.4) is 0 Å². The molecule has 6 nitrogen and oxygen atoms in total. The summed E-state index contributed by atoms with van der Waals surface area (Å²) < 4.78 is 6.18. The van der Waals surface area contributed by atoms with Crippen LogP contribution in [0.1, 0.15) is 31.5 Å². The van der Waals surface area contributed by atoms with Crippen LogP contribution in [-0.2, 0) is 13.0 Å². The van der Waals surface area contributed by atoms with Gasteiger partial charge in [-0.05, 0) is 6.42 Å². The third-order valence-corrected chi connectivity index (χ3v) is 3.24. The van der Waals surface area contributed by atoms with Crippen LogP contribution in [-0.4, -0.2) is 19.9 Å². The molecule has 0 amide bonds. The predicted molar refractivity (Wildman–Crippen MR) is 70.5 cm³/mol. The molecular formula is C11H12Cl2N4O2. The largest absolute Gasteiger partial charge is 0.337 e. The summed E-state index contributed by atoms with van der Waals surface area (Å²) in [6.45, 7) is 2.16. The van der Waals surface area contributed by atoms with Crippen LogP contribution in [0.15, 0.2) is 15.5 Å². The molecule has 0 atom stereocenters. The highest BCUT2D eigenvalue weighted by molar-refractivity contribution is 6.41. The highest BCUT2D eigenvalue weighted by Gasteiger charge is 2.11. The van der Waals surface area contributed by atoms with Gasteiger partial charge in [-0.3, -0.25) is 4.79 Å². The molecule has 0 unspecified atom stereocenters. The van der Waals surface area contributed by atoms with Crippen molar-refractivity contribution in [3.8, 4) is 0 Å². The number of halogens is 2. The zero-order valence-electron chi connectivity index (χ0n) is 10.3. The van der Waals surface area contributed by atoms with Crippen molar-refractivity contribution < 1.29 is 4.52 Å². The van der Waals surface area contributed by atoms with Gasteiger partial charge in [0.15, 0.2) is 5.82 Å². The first kappa shape index (κ1) is 14.0. The van der Waals surface area contributed by atoms with Crippen LogP contribution in [0.4, 0.5) is 0 Å². The van der Waals surface area contributed by atoms with Crippen LogP contribution in [0.25, 0.3) is 0 Å². The highest BCUT2D eigenvalue weighted by Crippen LogP contribution is 2.14. The molecule has 102 valence electrons. The van der Waals surface area contributed by atoms with E-state index in [0.29, 0.717) is 11.7 Å². The molecule has 0 fully saturated rings. The number of rotatable bonds is 5. The lowest BCUT2D eigenvalue weighted by atomic mass is 10.2. The summed E-state index contributed by atoms with van der Waals surface area (Å²) in [5.74, 6) is 0.948. The highest BCUT2D eigenvalue weighted by atomic mass is 35.5. The van der Waals surface area contributed by atoms with Gasteiger partial charge in [0.05, 0.1) is 11.2 Å². The standard InChI is InChI=1S/C11H12Cl2N4O2/c1-2-3-4-8-15-9(19-16-8)6-17-11(18)10(13)7(12)5-14-17/h5H,2-4,6H2,1H3. The topological polar surface area (TPSA) is 73.8 Å². The minimum Gasteiger partial charge on any atom is -0.337 e. The molecule has 0 aliphatic carbocycles. The first-order chi connectivity index (χ1) is 9.11. The fraction of sp³-hybridized carbons (Fsp3) is 0.455. The quantitative estimate of drug-likeness (QED) is 0.847. The van der Waals surface area contributed by atoms with E-state index >= 15 is 0 Å². The van der Waals surface area contributed by atoms with E-state index in [0.717, 1.165) is 23.9 Å². The van der Waals surface area contributed by atoms with Gasteiger partial charge in [0.1, 0.15) is 11.6 Å². The smallest absolute Gasteiger partial charge is 0.287 e. The van der Waals surface area contributed by atoms with E-state index in [1.54, 1.807) is 0 Å². The number of aromatic nitrogens is 4. The summed E-state index contributed by atoms with van der Waals surface area (Å²) in [7, 11) is 0. The average molecular weight is 303 g/mol. The Morgan fingerprint density at radius 3 is 2.95 bits per heavy atom. The van der Waals surface area contributed by atoms with Gasteiger partial charge >= 0.3 is 0 Å². The Bertz CT molecular complexity index is 623. The molecule has 19 heavy (non-hydrogen) atoms. The molecular weight excluding hydrogens is 291 g/mol. The third-order valence-electron chi connectivity index (χ3n) is 2.49. The monoisotopic (exact) mass is 302 g/mol. The van der Waals surface area contributed by atoms with Crippen molar-refractivity contribution in [2.24, 2.45) is 0 Å². The SMILES string of the molecule is CCCCc1noc(Cn2ncc(Cl)c(Cl)c2=O)n1. The molecule has 2 rings (SSSR count). The molecule has 8 heteroatoms. The molecule has 0 N–H and O–H groups in total. The summed E-state index contributed by atoms with van der Waals surface area (Å²) in [5.41, 5.74) is -0.484. The lowest BCUT2D eigenvalue weighted by Gasteiger charge is -2.01. The van der Waals surface area contributed by atoms with Crippen molar-refractivity contribution >= 4 is 23.2 Å². The van der Waals surface area contributed by atoms with Gasteiger partial charge in [0, 0.05) is 6.42 Å². The Kier molecular flexibility index (Phi) is 4.55. The van der Waals surface area contributed by atoms with Gasteiger partial charge in [-0.15, -0.1) is 0 Å². The Morgan fingerprint density at radius 2 is 2.21 bits per heavy atom. The number of nitrogens with zero attached hydrogens (tertiary/aromatic N) is 4. The van der Waals surface area contributed by atoms with Crippen LogP contribution in [0, 0.1) is 0 Å².